The molecule has 0 unspecified atom stereocenters. The standard InChI is InChI=1S/C15H14F2N4OS/c1-3-13-20-21-12(8(2)19-15(21)23-13)7-18-14(22)10-5-4-9(16)6-11(10)17/h4-6H,3,7H2,1-2H3,(H,18,22). The van der Waals surface area contributed by atoms with Gasteiger partial charge in [-0.3, -0.25) is 4.79 Å². The number of fused-ring (bicyclic) bond motifs is 1. The van der Waals surface area contributed by atoms with Gasteiger partial charge >= 0.3 is 0 Å². The Hall–Kier alpha value is -2.35. The number of rotatable bonds is 4. The summed E-state index contributed by atoms with van der Waals surface area (Å²) in [5, 5.41) is 8.00. The number of amides is 1. The smallest absolute Gasteiger partial charge is 0.254 e. The Balaban J connectivity index is 1.81. The van der Waals surface area contributed by atoms with Crippen LogP contribution in [0, 0.1) is 18.6 Å². The molecule has 0 aliphatic carbocycles. The van der Waals surface area contributed by atoms with Crippen molar-refractivity contribution in [2.45, 2.75) is 26.8 Å². The molecule has 0 bridgehead atoms. The zero-order valence-corrected chi connectivity index (χ0v) is 13.4. The summed E-state index contributed by atoms with van der Waals surface area (Å²) in [6.07, 6.45) is 0.805. The molecule has 0 fully saturated rings. The first-order valence-electron chi connectivity index (χ1n) is 7.06. The van der Waals surface area contributed by atoms with E-state index >= 15 is 0 Å². The highest BCUT2D eigenvalue weighted by Crippen LogP contribution is 2.19. The van der Waals surface area contributed by atoms with Crippen LogP contribution in [0.1, 0.15) is 33.7 Å². The third-order valence-electron chi connectivity index (χ3n) is 3.43. The Kier molecular flexibility index (Phi) is 4.08. The number of nitrogens with zero attached hydrogens (tertiary/aromatic N) is 3. The maximum atomic E-state index is 13.6. The molecule has 2 aromatic heterocycles. The van der Waals surface area contributed by atoms with Crippen molar-refractivity contribution in [2.24, 2.45) is 0 Å². The topological polar surface area (TPSA) is 59.3 Å². The third-order valence-corrected chi connectivity index (χ3v) is 4.49. The zero-order valence-electron chi connectivity index (χ0n) is 12.6. The fraction of sp³-hybridized carbons (Fsp3) is 0.267. The minimum absolute atomic E-state index is 0.162. The summed E-state index contributed by atoms with van der Waals surface area (Å²) < 4.78 is 28.2. The number of carbonyl (C=O) groups excluding carboxylic acids is 1. The van der Waals surface area contributed by atoms with Gasteiger partial charge in [-0.05, 0) is 25.5 Å². The fourth-order valence-electron chi connectivity index (χ4n) is 2.21. The maximum absolute atomic E-state index is 13.6. The molecule has 0 saturated carbocycles. The number of aromatic nitrogens is 3. The van der Waals surface area contributed by atoms with Gasteiger partial charge < -0.3 is 5.32 Å². The second kappa shape index (κ2) is 6.04. The summed E-state index contributed by atoms with van der Waals surface area (Å²) in [6, 6.07) is 2.86. The van der Waals surface area contributed by atoms with Crippen LogP contribution in [0.3, 0.4) is 0 Å². The summed E-state index contributed by atoms with van der Waals surface area (Å²) in [4.78, 5) is 17.2. The van der Waals surface area contributed by atoms with E-state index in [1.54, 1.807) is 4.52 Å². The summed E-state index contributed by atoms with van der Waals surface area (Å²) in [6.45, 7) is 3.99. The molecule has 1 aromatic carbocycles. The molecule has 0 radical (unpaired) electrons. The molecule has 120 valence electrons. The van der Waals surface area contributed by atoms with Crippen LogP contribution < -0.4 is 5.32 Å². The Morgan fingerprint density at radius 2 is 2.17 bits per heavy atom. The molecule has 23 heavy (non-hydrogen) atoms. The molecule has 0 aliphatic heterocycles. The number of nitrogens with one attached hydrogen (secondary N) is 1. The van der Waals surface area contributed by atoms with Crippen molar-refractivity contribution in [2.75, 3.05) is 0 Å². The first-order chi connectivity index (χ1) is 11.0. The van der Waals surface area contributed by atoms with Gasteiger partial charge in [-0.2, -0.15) is 5.10 Å². The third kappa shape index (κ3) is 2.94. The molecule has 3 aromatic rings. The molecule has 0 spiro atoms. The van der Waals surface area contributed by atoms with Crippen molar-refractivity contribution in [1.29, 1.82) is 0 Å². The summed E-state index contributed by atoms with van der Waals surface area (Å²) in [5.74, 6) is -2.22. The van der Waals surface area contributed by atoms with Crippen molar-refractivity contribution < 1.29 is 13.6 Å². The number of aryl methyl sites for hydroxylation is 2. The Labute approximate surface area is 135 Å². The van der Waals surface area contributed by atoms with E-state index in [0.29, 0.717) is 6.07 Å². The van der Waals surface area contributed by atoms with E-state index < -0.39 is 17.5 Å². The van der Waals surface area contributed by atoms with E-state index in [1.165, 1.54) is 11.3 Å². The molecule has 3 rings (SSSR count). The Morgan fingerprint density at radius 1 is 1.39 bits per heavy atom. The lowest BCUT2D eigenvalue weighted by molar-refractivity contribution is 0.0946. The predicted molar refractivity (Wildman–Crippen MR) is 82.5 cm³/mol. The highest BCUT2D eigenvalue weighted by Gasteiger charge is 2.16. The molecule has 0 atom stereocenters. The van der Waals surface area contributed by atoms with Crippen molar-refractivity contribution >= 4 is 22.2 Å². The van der Waals surface area contributed by atoms with Crippen molar-refractivity contribution in [3.05, 3.63) is 51.8 Å². The monoisotopic (exact) mass is 336 g/mol. The predicted octanol–water partition coefficient (Wildman–Crippen LogP) is 2.87. The van der Waals surface area contributed by atoms with Crippen molar-refractivity contribution in [3.8, 4) is 0 Å². The molecular weight excluding hydrogens is 322 g/mol. The van der Waals surface area contributed by atoms with E-state index in [9.17, 15) is 13.6 Å². The van der Waals surface area contributed by atoms with Crippen LogP contribution in [0.4, 0.5) is 8.78 Å². The Morgan fingerprint density at radius 3 is 2.87 bits per heavy atom. The second-order valence-corrected chi connectivity index (χ2v) is 6.04. The highest BCUT2D eigenvalue weighted by molar-refractivity contribution is 7.16. The van der Waals surface area contributed by atoms with Gasteiger partial charge in [-0.1, -0.05) is 18.3 Å². The Bertz CT molecular complexity index is 887. The molecule has 0 saturated heterocycles. The molecule has 0 aliphatic rings. The van der Waals surface area contributed by atoms with Gasteiger partial charge in [0.25, 0.3) is 5.91 Å². The summed E-state index contributed by atoms with van der Waals surface area (Å²) in [5.41, 5.74) is 1.30. The van der Waals surface area contributed by atoms with Crippen LogP contribution in [0.5, 0.6) is 0 Å². The number of hydrogen-bond acceptors (Lipinski definition) is 4. The van der Waals surface area contributed by atoms with Crippen LogP contribution >= 0.6 is 11.3 Å². The second-order valence-electron chi connectivity index (χ2n) is 4.99. The quantitative estimate of drug-likeness (QED) is 0.797. The van der Waals surface area contributed by atoms with E-state index in [-0.39, 0.29) is 12.1 Å². The summed E-state index contributed by atoms with van der Waals surface area (Å²) >= 11 is 1.49. The number of carbonyl (C=O) groups is 1. The van der Waals surface area contributed by atoms with Gasteiger partial charge in [0, 0.05) is 6.07 Å². The van der Waals surface area contributed by atoms with Gasteiger partial charge in [0.05, 0.1) is 23.5 Å². The van der Waals surface area contributed by atoms with Crippen LogP contribution in [-0.2, 0) is 13.0 Å². The molecule has 1 amide bonds. The van der Waals surface area contributed by atoms with Crippen LogP contribution in [0.2, 0.25) is 0 Å². The largest absolute Gasteiger partial charge is 0.346 e. The first kappa shape index (κ1) is 15.5. The van der Waals surface area contributed by atoms with Gasteiger partial charge in [0.1, 0.15) is 16.6 Å². The molecule has 2 heterocycles. The van der Waals surface area contributed by atoms with E-state index in [0.717, 1.165) is 39.9 Å². The maximum Gasteiger partial charge on any atom is 0.254 e. The van der Waals surface area contributed by atoms with Crippen molar-refractivity contribution in [1.82, 2.24) is 19.9 Å². The number of benzene rings is 1. The van der Waals surface area contributed by atoms with E-state index in [1.807, 2.05) is 13.8 Å². The number of imidazole rings is 1. The lowest BCUT2D eigenvalue weighted by atomic mass is 10.2. The molecule has 5 nitrogen and oxygen atoms in total. The average Bonchev–Trinajstić information content (AvgIpc) is 3.01. The zero-order chi connectivity index (χ0) is 16.6. The fourth-order valence-corrected chi connectivity index (χ4v) is 3.11. The lowest BCUT2D eigenvalue weighted by Gasteiger charge is -2.06. The molecule has 1 N–H and O–H groups in total. The van der Waals surface area contributed by atoms with Gasteiger partial charge in [0.2, 0.25) is 4.96 Å². The highest BCUT2D eigenvalue weighted by atomic mass is 32.1. The van der Waals surface area contributed by atoms with Gasteiger partial charge in [-0.15, -0.1) is 0 Å². The van der Waals surface area contributed by atoms with Crippen LogP contribution in [0.15, 0.2) is 18.2 Å². The average molecular weight is 336 g/mol. The van der Waals surface area contributed by atoms with Gasteiger partial charge in [-0.25, -0.2) is 18.3 Å². The number of hydrogen-bond donors (Lipinski definition) is 1. The lowest BCUT2D eigenvalue weighted by Crippen LogP contribution is -2.25. The number of halogens is 2. The minimum atomic E-state index is -0.889. The van der Waals surface area contributed by atoms with Crippen LogP contribution in [0.25, 0.3) is 4.96 Å². The van der Waals surface area contributed by atoms with Crippen molar-refractivity contribution in [3.63, 3.8) is 0 Å². The molecule has 8 heteroatoms. The van der Waals surface area contributed by atoms with Gasteiger partial charge in [0.15, 0.2) is 0 Å². The first-order valence-corrected chi connectivity index (χ1v) is 7.88. The SMILES string of the molecule is CCc1nn2c(CNC(=O)c3ccc(F)cc3F)c(C)nc2s1. The van der Waals surface area contributed by atoms with E-state index in [4.69, 9.17) is 0 Å². The van der Waals surface area contributed by atoms with Crippen LogP contribution in [-0.4, -0.2) is 20.5 Å². The normalized spacial score (nSPS) is 11.1. The molecular formula is C15H14F2N4OS. The minimum Gasteiger partial charge on any atom is -0.346 e. The van der Waals surface area contributed by atoms with E-state index in [2.05, 4.69) is 15.4 Å². The summed E-state index contributed by atoms with van der Waals surface area (Å²) in [7, 11) is 0.